The lowest BCUT2D eigenvalue weighted by atomic mass is 9.88. The molecule has 1 saturated carbocycles. The SMILES string of the molecule is COc1ccccc1NC(=O)[C@H](C)OC(=O)C[C@H]1C(=O)C[C@@H](C)[C@H]1C[N+](=O)[O-]. The minimum atomic E-state index is -1.10. The van der Waals surface area contributed by atoms with E-state index < -0.39 is 34.7 Å². The van der Waals surface area contributed by atoms with Gasteiger partial charge in [0.25, 0.3) is 5.91 Å². The molecular weight excluding hydrogens is 368 g/mol. The molecule has 28 heavy (non-hydrogen) atoms. The first-order valence-electron chi connectivity index (χ1n) is 9.00. The monoisotopic (exact) mass is 392 g/mol. The van der Waals surface area contributed by atoms with Crippen molar-refractivity contribution in [1.29, 1.82) is 0 Å². The van der Waals surface area contributed by atoms with Crippen molar-refractivity contribution in [3.05, 3.63) is 34.4 Å². The molecule has 1 amide bonds. The van der Waals surface area contributed by atoms with E-state index in [1.165, 1.54) is 14.0 Å². The van der Waals surface area contributed by atoms with Gasteiger partial charge in [0.1, 0.15) is 11.5 Å². The first kappa shape index (κ1) is 21.3. The topological polar surface area (TPSA) is 125 Å². The van der Waals surface area contributed by atoms with E-state index in [0.29, 0.717) is 11.4 Å². The number of amides is 1. The van der Waals surface area contributed by atoms with E-state index in [2.05, 4.69) is 5.32 Å². The molecule has 1 aliphatic rings. The van der Waals surface area contributed by atoms with Gasteiger partial charge in [-0.05, 0) is 25.0 Å². The quantitative estimate of drug-likeness (QED) is 0.408. The number of anilines is 1. The van der Waals surface area contributed by atoms with Crippen molar-refractivity contribution < 1.29 is 28.8 Å². The molecule has 4 atom stereocenters. The first-order chi connectivity index (χ1) is 13.2. The Morgan fingerprint density at radius 3 is 2.68 bits per heavy atom. The van der Waals surface area contributed by atoms with Crippen LogP contribution in [0.1, 0.15) is 26.7 Å². The third-order valence-electron chi connectivity index (χ3n) is 4.97. The predicted octanol–water partition coefficient (Wildman–Crippen LogP) is 2.07. The molecule has 0 heterocycles. The maximum absolute atomic E-state index is 12.3. The van der Waals surface area contributed by atoms with E-state index in [-0.39, 0.29) is 31.1 Å². The van der Waals surface area contributed by atoms with Crippen LogP contribution in [0.3, 0.4) is 0 Å². The highest BCUT2D eigenvalue weighted by Crippen LogP contribution is 2.36. The van der Waals surface area contributed by atoms with E-state index in [4.69, 9.17) is 9.47 Å². The molecule has 1 fully saturated rings. The Bertz CT molecular complexity index is 764. The number of nitrogens with zero attached hydrogens (tertiary/aromatic N) is 1. The van der Waals surface area contributed by atoms with Gasteiger partial charge in [0, 0.05) is 23.2 Å². The summed E-state index contributed by atoms with van der Waals surface area (Å²) < 4.78 is 10.3. The van der Waals surface area contributed by atoms with Crippen molar-refractivity contribution in [3.8, 4) is 5.75 Å². The molecular formula is C19H24N2O7. The fraction of sp³-hybridized carbons (Fsp3) is 0.526. The smallest absolute Gasteiger partial charge is 0.307 e. The summed E-state index contributed by atoms with van der Waals surface area (Å²) in [5.41, 5.74) is 0.434. The minimum Gasteiger partial charge on any atom is -0.495 e. The van der Waals surface area contributed by atoms with Crippen LogP contribution >= 0.6 is 0 Å². The average Bonchev–Trinajstić information content (AvgIpc) is 2.88. The number of para-hydroxylation sites is 2. The number of rotatable bonds is 8. The number of nitro groups is 1. The van der Waals surface area contributed by atoms with Gasteiger partial charge < -0.3 is 14.8 Å². The lowest BCUT2D eigenvalue weighted by molar-refractivity contribution is -0.490. The molecule has 1 aromatic rings. The largest absolute Gasteiger partial charge is 0.495 e. The highest BCUT2D eigenvalue weighted by atomic mass is 16.6. The fourth-order valence-electron chi connectivity index (χ4n) is 3.46. The number of ether oxygens (including phenoxy) is 2. The highest BCUT2D eigenvalue weighted by molar-refractivity contribution is 5.96. The van der Waals surface area contributed by atoms with Crippen LogP contribution in [-0.2, 0) is 19.1 Å². The van der Waals surface area contributed by atoms with Crippen LogP contribution in [0.15, 0.2) is 24.3 Å². The van der Waals surface area contributed by atoms with Crippen LogP contribution in [0.2, 0.25) is 0 Å². The summed E-state index contributed by atoms with van der Waals surface area (Å²) >= 11 is 0. The Morgan fingerprint density at radius 1 is 1.36 bits per heavy atom. The lowest BCUT2D eigenvalue weighted by Gasteiger charge is -2.19. The molecule has 1 aromatic carbocycles. The van der Waals surface area contributed by atoms with Gasteiger partial charge in [-0.15, -0.1) is 0 Å². The number of Topliss-reactive ketones (excluding diaryl/α,β-unsaturated/α-hetero) is 1. The Hall–Kier alpha value is -2.97. The number of hydrogen-bond acceptors (Lipinski definition) is 7. The molecule has 0 bridgehead atoms. The van der Waals surface area contributed by atoms with E-state index in [1.54, 1.807) is 31.2 Å². The Balaban J connectivity index is 1.95. The third kappa shape index (κ3) is 5.28. The van der Waals surface area contributed by atoms with Crippen molar-refractivity contribution in [2.24, 2.45) is 17.8 Å². The van der Waals surface area contributed by atoms with E-state index in [0.717, 1.165) is 0 Å². The maximum atomic E-state index is 12.3. The number of hydrogen-bond donors (Lipinski definition) is 1. The minimum absolute atomic E-state index is 0.165. The number of carbonyl (C=O) groups excluding carboxylic acids is 3. The van der Waals surface area contributed by atoms with Gasteiger partial charge in [-0.2, -0.15) is 0 Å². The number of benzene rings is 1. The first-order valence-corrected chi connectivity index (χ1v) is 9.00. The predicted molar refractivity (Wildman–Crippen MR) is 99.4 cm³/mol. The molecule has 9 nitrogen and oxygen atoms in total. The lowest BCUT2D eigenvalue weighted by Crippen LogP contribution is -2.32. The number of ketones is 1. The van der Waals surface area contributed by atoms with E-state index >= 15 is 0 Å². The van der Waals surface area contributed by atoms with Gasteiger partial charge in [0.05, 0.1) is 19.2 Å². The number of nitrogens with one attached hydrogen (secondary N) is 1. The van der Waals surface area contributed by atoms with Crippen LogP contribution in [0.5, 0.6) is 5.75 Å². The van der Waals surface area contributed by atoms with Crippen LogP contribution < -0.4 is 10.1 Å². The maximum Gasteiger partial charge on any atom is 0.307 e. The highest BCUT2D eigenvalue weighted by Gasteiger charge is 2.44. The third-order valence-corrected chi connectivity index (χ3v) is 4.97. The Kier molecular flexibility index (Phi) is 7.08. The summed E-state index contributed by atoms with van der Waals surface area (Å²) in [5.74, 6) is -2.42. The van der Waals surface area contributed by atoms with Crippen molar-refractivity contribution in [3.63, 3.8) is 0 Å². The zero-order valence-corrected chi connectivity index (χ0v) is 16.0. The molecule has 152 valence electrons. The zero-order valence-electron chi connectivity index (χ0n) is 16.0. The van der Waals surface area contributed by atoms with Crippen LogP contribution in [0, 0.1) is 27.9 Å². The van der Waals surface area contributed by atoms with Gasteiger partial charge in [-0.3, -0.25) is 24.5 Å². The van der Waals surface area contributed by atoms with Crippen molar-refractivity contribution in [2.45, 2.75) is 32.8 Å². The Morgan fingerprint density at radius 2 is 2.04 bits per heavy atom. The molecule has 0 aliphatic heterocycles. The van der Waals surface area contributed by atoms with Crippen molar-refractivity contribution in [2.75, 3.05) is 19.0 Å². The van der Waals surface area contributed by atoms with Gasteiger partial charge in [0.2, 0.25) is 6.54 Å². The summed E-state index contributed by atoms with van der Waals surface area (Å²) in [6, 6.07) is 6.79. The molecule has 0 spiro atoms. The summed E-state index contributed by atoms with van der Waals surface area (Å²) in [6.07, 6.45) is -1.16. The zero-order chi connectivity index (χ0) is 20.8. The second kappa shape index (κ2) is 9.29. The van der Waals surface area contributed by atoms with Gasteiger partial charge in [0.15, 0.2) is 6.10 Å². The van der Waals surface area contributed by atoms with Crippen molar-refractivity contribution in [1.82, 2.24) is 0 Å². The van der Waals surface area contributed by atoms with Gasteiger partial charge in [-0.1, -0.05) is 19.1 Å². The second-order valence-corrected chi connectivity index (χ2v) is 6.96. The molecule has 9 heteroatoms. The van der Waals surface area contributed by atoms with E-state index in [9.17, 15) is 24.5 Å². The van der Waals surface area contributed by atoms with Crippen LogP contribution in [-0.4, -0.2) is 42.3 Å². The van der Waals surface area contributed by atoms with Crippen LogP contribution in [0.4, 0.5) is 5.69 Å². The fourth-order valence-corrected chi connectivity index (χ4v) is 3.46. The summed E-state index contributed by atoms with van der Waals surface area (Å²) in [7, 11) is 1.47. The Labute approximate surface area is 162 Å². The number of esters is 1. The summed E-state index contributed by atoms with van der Waals surface area (Å²) in [4.78, 5) is 47.0. The second-order valence-electron chi connectivity index (χ2n) is 6.96. The van der Waals surface area contributed by atoms with Crippen LogP contribution in [0.25, 0.3) is 0 Å². The molecule has 0 radical (unpaired) electrons. The molecule has 2 rings (SSSR count). The molecule has 0 unspecified atom stereocenters. The molecule has 0 saturated heterocycles. The summed E-state index contributed by atoms with van der Waals surface area (Å²) in [5, 5.41) is 13.5. The molecule has 0 aromatic heterocycles. The average molecular weight is 392 g/mol. The van der Waals surface area contributed by atoms with Gasteiger partial charge >= 0.3 is 5.97 Å². The molecule has 1 aliphatic carbocycles. The van der Waals surface area contributed by atoms with Gasteiger partial charge in [-0.25, -0.2) is 0 Å². The standard InChI is InChI=1S/C19H24N2O7/c1-11-8-16(22)13(14(11)10-21(25)26)9-18(23)28-12(2)19(24)20-15-6-4-5-7-17(15)27-3/h4-7,11-14H,8-10H2,1-3H3,(H,20,24)/t11-,12+,13-,14-/m1/s1. The van der Waals surface area contributed by atoms with E-state index in [1.807, 2.05) is 0 Å². The summed E-state index contributed by atoms with van der Waals surface area (Å²) in [6.45, 7) is 2.81. The normalized spacial score (nSPS) is 22.4. The number of methoxy groups -OCH3 is 1. The molecule has 1 N–H and O–H groups in total. The number of carbonyl (C=O) groups is 3. The van der Waals surface area contributed by atoms with Crippen molar-refractivity contribution >= 4 is 23.3 Å².